The number of aliphatic carboxylic acids is 2. The lowest BCUT2D eigenvalue weighted by Gasteiger charge is -2.32. The summed E-state index contributed by atoms with van der Waals surface area (Å²) in [5.74, 6) is -23.7. The first kappa shape index (κ1) is 115. The van der Waals surface area contributed by atoms with Crippen LogP contribution < -0.4 is 102 Å². The zero-order valence-corrected chi connectivity index (χ0v) is 81.3. The van der Waals surface area contributed by atoms with Crippen LogP contribution in [-0.2, 0) is 133 Å². The third kappa shape index (κ3) is 35.1. The van der Waals surface area contributed by atoms with Crippen LogP contribution in [0.2, 0.25) is 0 Å². The molecule has 3 aromatic carbocycles. The average molecular weight is 2040 g/mol. The van der Waals surface area contributed by atoms with Crippen molar-refractivity contribution in [3.05, 3.63) is 144 Å². The Morgan fingerprint density at radius 3 is 1.36 bits per heavy atom. The van der Waals surface area contributed by atoms with Gasteiger partial charge in [0, 0.05) is 97.4 Å². The molecule has 0 spiro atoms. The molecule has 0 unspecified atom stereocenters. The zero-order chi connectivity index (χ0) is 106. The van der Waals surface area contributed by atoms with Crippen LogP contribution in [0.25, 0.3) is 21.8 Å². The van der Waals surface area contributed by atoms with Gasteiger partial charge in [-0.3, -0.25) is 95.9 Å². The van der Waals surface area contributed by atoms with Crippen molar-refractivity contribution in [2.75, 3.05) is 38.5 Å². The molecule has 0 aliphatic carbocycles. The van der Waals surface area contributed by atoms with Gasteiger partial charge in [-0.1, -0.05) is 107 Å². The molecule has 1 aliphatic rings. The van der Waals surface area contributed by atoms with Gasteiger partial charge < -0.3 is 148 Å². The number of amides is 19. The topological polar surface area (TPSA) is 802 Å². The molecule has 30 N–H and O–H groups in total. The first-order valence-electron chi connectivity index (χ1n) is 46.8. The predicted molar refractivity (Wildman–Crippen MR) is 520 cm³/mol. The Morgan fingerprint density at radius 1 is 0.448 bits per heavy atom. The lowest BCUT2D eigenvalue weighted by molar-refractivity contribution is -0.146. The maximum Gasteiger partial charge on any atom is 0.326 e. The fourth-order valence-corrected chi connectivity index (χ4v) is 15.9. The van der Waals surface area contributed by atoms with Crippen molar-refractivity contribution in [3.8, 4) is 0 Å². The quantitative estimate of drug-likeness (QED) is 0.0158. The highest BCUT2D eigenvalue weighted by atomic mass is 32.1. The normalized spacial score (nSPS) is 15.8. The molecule has 0 radical (unpaired) electrons. The largest absolute Gasteiger partial charge is 0.481 e. The van der Waals surface area contributed by atoms with Crippen molar-refractivity contribution in [1.82, 2.24) is 120 Å². The first-order chi connectivity index (χ1) is 69.0. The van der Waals surface area contributed by atoms with Crippen LogP contribution >= 0.6 is 12.6 Å². The summed E-state index contributed by atoms with van der Waals surface area (Å²) in [6.07, 6.45) is 3.16. The number of fused-ring (bicyclic) bond motifs is 2. The number of aromatic amines is 4. The predicted octanol–water partition coefficient (Wildman–Crippen LogP) is -6.92. The standard InChI is InChI=1S/C93H126N26O25S/c1-7-46(3)76(116-79(129)48(5)106-83(133)60(24-26-70(95)122)110-87(137)68(43-145)115-80(130)57(94)29-50-17-10-9-11-18-50)89(139)103-41-73(125)108-62(30-51-35-99-58-21-14-12-19-55(51)58)81(131)101-40-74(126)109-66(34-75(127)128)92(142)119-28-16-23-69(119)88(138)117-77(47(4)8-2)90(140)118-78(49(6)121)91(141)113-65(33-54-38-98-45-105-54)85(135)111-63(31-52-36-100-59-22-15-13-20-56(52)59)84(134)114-67(42-120)86(136)112-64(32-53-37-97-44-104-53)82(132)102-39-72(124)107-61(93(143)144)25-27-71(96)123/h9-15,17-22,35-38,44-49,57,60-69,76-78,99-100,120-121,145H,7-8,16,23-34,39-43,94H2,1-6H3,(H2,95,122)(H2,96,123)(H,97,104)(H,98,105)(H,101,131)(H,102,132)(H,103,139)(H,106,133)(H,107,124)(H,108,125)(H,109,126)(H,110,137)(H,111,135)(H,112,136)(H,113,141)(H,114,134)(H,115,130)(H,116,129)(H,117,138)(H,118,140)(H,127,128)(H,143,144)/t46-,47-,48-,49+,57-,60-,61-,62-,63-,64-,65-,66-,67-,68-,69-,76-,77-,78-/m0/s1. The van der Waals surface area contributed by atoms with Gasteiger partial charge in [0.15, 0.2) is 0 Å². The number of hydrogen-bond acceptors (Lipinski definition) is 27. The number of carbonyl (C=O) groups is 21. The van der Waals surface area contributed by atoms with E-state index in [0.29, 0.717) is 32.9 Å². The number of rotatable bonds is 59. The van der Waals surface area contributed by atoms with Crippen molar-refractivity contribution >= 4 is 159 Å². The SMILES string of the molecule is CC[C@H](C)[C@H](NC(=O)[C@H](C)NC(=O)[C@H](CCC(N)=O)NC(=O)[C@H](CS)NC(=O)[C@@H](N)Cc1ccccc1)C(=O)NCC(=O)N[C@@H](Cc1c[nH]c2ccccc12)C(=O)NCC(=O)N[C@@H](CC(=O)O)C(=O)N1CCC[C@H]1C(=O)N[C@H](C(=O)N[C@H](C(=O)N[C@@H](Cc1c[nH]cn1)C(=O)N[C@@H](Cc1c[nH]c2ccccc12)C(=O)N[C@@H](CO)C(=O)N[C@@H](Cc1c[nH]cn1)C(=O)NCC(=O)N[C@@H](CCC(N)=O)C(=O)O)[C@@H](C)O)[C@@H](C)CC. The van der Waals surface area contributed by atoms with E-state index in [0.717, 1.165) is 17.4 Å². The summed E-state index contributed by atoms with van der Waals surface area (Å²) in [6, 6.07) is -1.08. The highest BCUT2D eigenvalue weighted by molar-refractivity contribution is 7.80. The van der Waals surface area contributed by atoms with E-state index in [9.17, 15) is 121 Å². The van der Waals surface area contributed by atoms with Gasteiger partial charge in [0.2, 0.25) is 112 Å². The molecular weight excluding hydrogens is 1910 g/mol. The molecule has 0 saturated carbocycles. The number of H-pyrrole nitrogens is 4. The summed E-state index contributed by atoms with van der Waals surface area (Å²) >= 11 is 4.20. The molecule has 19 amide bonds. The zero-order valence-electron chi connectivity index (χ0n) is 80.4. The van der Waals surface area contributed by atoms with E-state index in [4.69, 9.17) is 17.2 Å². The molecule has 51 nitrogen and oxygen atoms in total. The second-order valence-electron chi connectivity index (χ2n) is 35.0. The van der Waals surface area contributed by atoms with Crippen LogP contribution in [0.15, 0.2) is 116 Å². The number of thiol groups is 1. The summed E-state index contributed by atoms with van der Waals surface area (Å²) in [7, 11) is 0. The van der Waals surface area contributed by atoms with Crippen LogP contribution in [0.3, 0.4) is 0 Å². The third-order valence-electron chi connectivity index (χ3n) is 24.1. The molecular formula is C93H126N26O25S. The van der Waals surface area contributed by atoms with E-state index in [-0.39, 0.29) is 87.9 Å². The van der Waals surface area contributed by atoms with E-state index in [1.165, 1.54) is 38.2 Å². The van der Waals surface area contributed by atoms with Crippen LogP contribution in [0.5, 0.6) is 0 Å². The van der Waals surface area contributed by atoms with Gasteiger partial charge in [-0.2, -0.15) is 12.6 Å². The fraction of sp³-hybridized carbons (Fsp3) is 0.473. The molecule has 52 heteroatoms. The van der Waals surface area contributed by atoms with Gasteiger partial charge in [-0.15, -0.1) is 0 Å². The molecule has 784 valence electrons. The number of para-hydroxylation sites is 2. The van der Waals surface area contributed by atoms with Gasteiger partial charge in [0.1, 0.15) is 84.6 Å². The third-order valence-corrected chi connectivity index (χ3v) is 24.5. The van der Waals surface area contributed by atoms with Crippen LogP contribution in [0.1, 0.15) is 127 Å². The van der Waals surface area contributed by atoms with Crippen LogP contribution in [-0.4, -0.2) is 315 Å². The Kier molecular flexibility index (Phi) is 44.4. The number of imidazole rings is 2. The van der Waals surface area contributed by atoms with E-state index < -0.39 is 285 Å². The van der Waals surface area contributed by atoms with Gasteiger partial charge in [0.05, 0.1) is 68.9 Å². The Labute approximate surface area is 835 Å². The Hall–Kier alpha value is -15.7. The van der Waals surface area contributed by atoms with E-state index >= 15 is 0 Å². The Morgan fingerprint density at radius 2 is 0.869 bits per heavy atom. The number of aliphatic hydroxyl groups excluding tert-OH is 2. The van der Waals surface area contributed by atoms with Gasteiger partial charge in [0.25, 0.3) is 0 Å². The summed E-state index contributed by atoms with van der Waals surface area (Å²) in [6.45, 7) is 4.96. The highest BCUT2D eigenvalue weighted by Crippen LogP contribution is 2.25. The minimum Gasteiger partial charge on any atom is -0.481 e. The number of benzene rings is 3. The van der Waals surface area contributed by atoms with E-state index in [1.807, 2.05) is 0 Å². The molecule has 8 rings (SSSR count). The van der Waals surface area contributed by atoms with Crippen LogP contribution in [0, 0.1) is 11.8 Å². The molecule has 0 bridgehead atoms. The minimum absolute atomic E-state index is 0.0765. The van der Waals surface area contributed by atoms with E-state index in [2.05, 4.69) is 128 Å². The molecule has 1 aliphatic heterocycles. The molecule has 18 atom stereocenters. The molecule has 7 aromatic rings. The van der Waals surface area contributed by atoms with Crippen molar-refractivity contribution in [1.29, 1.82) is 0 Å². The number of carbonyl (C=O) groups excluding carboxylic acids is 19. The lowest BCUT2D eigenvalue weighted by atomic mass is 9.96. The summed E-state index contributed by atoms with van der Waals surface area (Å²) in [4.78, 5) is 309. The number of aliphatic hydroxyl groups is 2. The van der Waals surface area contributed by atoms with Gasteiger partial charge in [-0.05, 0) is 86.6 Å². The number of nitrogens with two attached hydrogens (primary N) is 3. The summed E-state index contributed by atoms with van der Waals surface area (Å²) < 4.78 is 0. The number of hydrogen-bond donors (Lipinski definition) is 28. The monoisotopic (exact) mass is 2040 g/mol. The molecule has 5 heterocycles. The number of primary amides is 2. The number of nitrogens with one attached hydrogen (secondary N) is 20. The first-order valence-corrected chi connectivity index (χ1v) is 47.4. The Bertz CT molecular complexity index is 5720. The highest BCUT2D eigenvalue weighted by Gasteiger charge is 2.44. The van der Waals surface area contributed by atoms with Crippen molar-refractivity contribution in [3.63, 3.8) is 0 Å². The average Bonchev–Trinajstić information content (AvgIpc) is 1.72. The lowest BCUT2D eigenvalue weighted by Crippen LogP contribution is -2.63. The molecule has 4 aromatic heterocycles. The minimum atomic E-state index is -1.95. The van der Waals surface area contributed by atoms with E-state index in [1.54, 1.807) is 113 Å². The number of carboxylic acids is 2. The molecule has 1 fully saturated rings. The summed E-state index contributed by atoms with van der Waals surface area (Å²) in [5, 5.41) is 82.2. The number of nitrogens with zero attached hydrogens (tertiary/aromatic N) is 3. The number of aromatic nitrogens is 6. The van der Waals surface area contributed by atoms with Gasteiger partial charge in [-0.25, -0.2) is 14.8 Å². The second kappa shape index (κ2) is 56.2. The fourth-order valence-electron chi connectivity index (χ4n) is 15.6. The second-order valence-corrected chi connectivity index (χ2v) is 35.4. The van der Waals surface area contributed by atoms with Crippen molar-refractivity contribution in [2.24, 2.45) is 29.0 Å². The molecule has 145 heavy (non-hydrogen) atoms. The van der Waals surface area contributed by atoms with Gasteiger partial charge >= 0.3 is 11.9 Å². The Balaban J connectivity index is 0.903. The van der Waals surface area contributed by atoms with Crippen molar-refractivity contribution < 1.29 is 121 Å². The van der Waals surface area contributed by atoms with Crippen molar-refractivity contribution in [2.45, 2.75) is 228 Å². The number of carboxylic acid groups (broad SMARTS) is 2. The summed E-state index contributed by atoms with van der Waals surface area (Å²) in [5.41, 5.74) is 19.9. The number of likely N-dealkylation sites (tertiary alicyclic amines) is 1. The molecule has 1 saturated heterocycles. The smallest absolute Gasteiger partial charge is 0.326 e. The van der Waals surface area contributed by atoms with Crippen LogP contribution in [0.4, 0.5) is 0 Å². The maximum absolute atomic E-state index is 15.0. The maximum atomic E-state index is 15.0.